The van der Waals surface area contributed by atoms with Gasteiger partial charge in [0.25, 0.3) is 0 Å². The maximum absolute atomic E-state index is 12.3. The van der Waals surface area contributed by atoms with E-state index in [1.807, 2.05) is 6.92 Å². The number of hydrogen-bond donors (Lipinski definition) is 2. The van der Waals surface area contributed by atoms with Crippen molar-refractivity contribution in [3.05, 3.63) is 53.1 Å². The van der Waals surface area contributed by atoms with Gasteiger partial charge in [-0.25, -0.2) is 8.42 Å². The molecule has 0 saturated heterocycles. The van der Waals surface area contributed by atoms with Gasteiger partial charge >= 0.3 is 0 Å². The van der Waals surface area contributed by atoms with Crippen LogP contribution in [0, 0.1) is 6.92 Å². The molecule has 134 valence electrons. The summed E-state index contributed by atoms with van der Waals surface area (Å²) in [6.07, 6.45) is 0. The molecule has 0 heterocycles. The fourth-order valence-corrected chi connectivity index (χ4v) is 3.41. The van der Waals surface area contributed by atoms with Crippen molar-refractivity contribution >= 4 is 33.2 Å². The second kappa shape index (κ2) is 7.86. The minimum Gasteiger partial charge on any atom is -0.497 e. The van der Waals surface area contributed by atoms with E-state index in [1.165, 1.54) is 38.3 Å². The molecule has 2 aromatic rings. The number of aryl methyl sites for hydroxylation is 1. The standard InChI is InChI=1S/C17H19ClN2O4S/c1-11-4-5-13(10-16(11)18)19-17(21)12(2)20-25(22,23)15-8-6-14(24-3)7-9-15/h4-10,12,20H,1-3H3,(H,19,21). The van der Waals surface area contributed by atoms with Crippen molar-refractivity contribution in [2.75, 3.05) is 12.4 Å². The zero-order valence-corrected chi connectivity index (χ0v) is 15.6. The molecular weight excluding hydrogens is 364 g/mol. The van der Waals surface area contributed by atoms with Crippen LogP contribution < -0.4 is 14.8 Å². The summed E-state index contributed by atoms with van der Waals surface area (Å²) in [5.74, 6) is 0.0537. The maximum Gasteiger partial charge on any atom is 0.242 e. The average Bonchev–Trinajstić information content (AvgIpc) is 2.57. The zero-order valence-electron chi connectivity index (χ0n) is 14.0. The number of rotatable bonds is 6. The predicted molar refractivity (Wildman–Crippen MR) is 97.6 cm³/mol. The molecule has 8 heteroatoms. The molecule has 25 heavy (non-hydrogen) atoms. The highest BCUT2D eigenvalue weighted by Crippen LogP contribution is 2.20. The number of amides is 1. The summed E-state index contributed by atoms with van der Waals surface area (Å²) >= 11 is 6.02. The van der Waals surface area contributed by atoms with Gasteiger partial charge < -0.3 is 10.1 Å². The molecule has 0 aliphatic heterocycles. The van der Waals surface area contributed by atoms with Crippen molar-refractivity contribution in [1.82, 2.24) is 4.72 Å². The fourth-order valence-electron chi connectivity index (χ4n) is 2.03. The van der Waals surface area contributed by atoms with E-state index in [2.05, 4.69) is 10.0 Å². The summed E-state index contributed by atoms with van der Waals surface area (Å²) in [5, 5.41) is 3.15. The van der Waals surface area contributed by atoms with Crippen LogP contribution in [0.4, 0.5) is 5.69 Å². The Labute approximate surface area is 152 Å². The number of hydrogen-bond acceptors (Lipinski definition) is 4. The molecule has 6 nitrogen and oxygen atoms in total. The number of anilines is 1. The van der Waals surface area contributed by atoms with Gasteiger partial charge in [0.1, 0.15) is 5.75 Å². The minimum atomic E-state index is -3.83. The first-order chi connectivity index (χ1) is 11.7. The van der Waals surface area contributed by atoms with Crippen molar-refractivity contribution in [3.63, 3.8) is 0 Å². The van der Waals surface area contributed by atoms with Gasteiger partial charge in [-0.2, -0.15) is 4.72 Å². The Morgan fingerprint density at radius 3 is 2.36 bits per heavy atom. The van der Waals surface area contributed by atoms with Crippen LogP contribution in [0.15, 0.2) is 47.4 Å². The molecule has 0 aliphatic carbocycles. The van der Waals surface area contributed by atoms with Crippen LogP contribution in [0.5, 0.6) is 5.75 Å². The normalized spacial score (nSPS) is 12.5. The third kappa shape index (κ3) is 4.94. The summed E-state index contributed by atoms with van der Waals surface area (Å²) in [4.78, 5) is 12.3. The van der Waals surface area contributed by atoms with E-state index in [-0.39, 0.29) is 4.90 Å². The summed E-state index contributed by atoms with van der Waals surface area (Å²) in [6.45, 7) is 3.31. The van der Waals surface area contributed by atoms with Gasteiger partial charge in [-0.15, -0.1) is 0 Å². The second-order valence-electron chi connectivity index (χ2n) is 5.47. The Kier molecular flexibility index (Phi) is 6.05. The van der Waals surface area contributed by atoms with Crippen molar-refractivity contribution in [2.24, 2.45) is 0 Å². The molecule has 0 radical (unpaired) electrons. The summed E-state index contributed by atoms with van der Waals surface area (Å²) < 4.78 is 32.0. The van der Waals surface area contributed by atoms with Crippen molar-refractivity contribution in [2.45, 2.75) is 24.8 Å². The lowest BCUT2D eigenvalue weighted by Gasteiger charge is -2.15. The summed E-state index contributed by atoms with van der Waals surface area (Å²) in [7, 11) is -2.34. The Hall–Kier alpha value is -2.09. The number of carbonyl (C=O) groups is 1. The number of halogens is 1. The van der Waals surface area contributed by atoms with Gasteiger partial charge in [-0.1, -0.05) is 17.7 Å². The minimum absolute atomic E-state index is 0.0475. The van der Waals surface area contributed by atoms with Crippen molar-refractivity contribution in [1.29, 1.82) is 0 Å². The highest BCUT2D eigenvalue weighted by Gasteiger charge is 2.22. The van der Waals surface area contributed by atoms with Crippen LogP contribution in [0.25, 0.3) is 0 Å². The highest BCUT2D eigenvalue weighted by molar-refractivity contribution is 7.89. The van der Waals surface area contributed by atoms with E-state index >= 15 is 0 Å². The second-order valence-corrected chi connectivity index (χ2v) is 7.59. The van der Waals surface area contributed by atoms with Gasteiger partial charge in [0.05, 0.1) is 18.0 Å². The van der Waals surface area contributed by atoms with Crippen LogP contribution in [0.3, 0.4) is 0 Å². The van der Waals surface area contributed by atoms with Crippen LogP contribution >= 0.6 is 11.6 Å². The number of ether oxygens (including phenoxy) is 1. The van der Waals surface area contributed by atoms with Crippen LogP contribution in [-0.2, 0) is 14.8 Å². The van der Waals surface area contributed by atoms with E-state index in [0.29, 0.717) is 16.5 Å². The molecule has 0 aliphatic rings. The monoisotopic (exact) mass is 382 g/mol. The Bertz CT molecular complexity index is 867. The number of sulfonamides is 1. The molecule has 0 bridgehead atoms. The van der Waals surface area contributed by atoms with E-state index in [1.54, 1.807) is 18.2 Å². The molecule has 2 N–H and O–H groups in total. The smallest absolute Gasteiger partial charge is 0.242 e. The quantitative estimate of drug-likeness (QED) is 0.804. The fraction of sp³-hybridized carbons (Fsp3) is 0.235. The molecule has 1 amide bonds. The number of nitrogens with one attached hydrogen (secondary N) is 2. The third-order valence-corrected chi connectivity index (χ3v) is 5.50. The maximum atomic E-state index is 12.3. The molecule has 0 spiro atoms. The lowest BCUT2D eigenvalue weighted by atomic mass is 10.2. The first kappa shape index (κ1) is 19.2. The summed E-state index contributed by atoms with van der Waals surface area (Å²) in [6, 6.07) is 10.00. The third-order valence-electron chi connectivity index (χ3n) is 3.53. The largest absolute Gasteiger partial charge is 0.497 e. The zero-order chi connectivity index (χ0) is 18.6. The van der Waals surface area contributed by atoms with Crippen molar-refractivity contribution < 1.29 is 17.9 Å². The van der Waals surface area contributed by atoms with E-state index in [4.69, 9.17) is 16.3 Å². The average molecular weight is 383 g/mol. The molecule has 0 saturated carbocycles. The van der Waals surface area contributed by atoms with Crippen LogP contribution in [0.2, 0.25) is 5.02 Å². The molecule has 1 atom stereocenters. The van der Waals surface area contributed by atoms with Gasteiger partial charge in [0.15, 0.2) is 0 Å². The molecule has 0 aromatic heterocycles. The Balaban J connectivity index is 2.07. The number of carbonyl (C=O) groups excluding carboxylic acids is 1. The van der Waals surface area contributed by atoms with Crippen molar-refractivity contribution in [3.8, 4) is 5.75 Å². The van der Waals surface area contributed by atoms with Gasteiger partial charge in [-0.05, 0) is 55.8 Å². The molecule has 0 fully saturated rings. The topological polar surface area (TPSA) is 84.5 Å². The Morgan fingerprint density at radius 2 is 1.80 bits per heavy atom. The molecular formula is C17H19ClN2O4S. The molecule has 1 unspecified atom stereocenters. The van der Waals surface area contributed by atoms with Crippen LogP contribution in [-0.4, -0.2) is 27.5 Å². The SMILES string of the molecule is COc1ccc(S(=O)(=O)NC(C)C(=O)Nc2ccc(C)c(Cl)c2)cc1. The number of methoxy groups -OCH3 is 1. The molecule has 2 rings (SSSR count). The van der Waals surface area contributed by atoms with E-state index < -0.39 is 22.0 Å². The predicted octanol–water partition coefficient (Wildman–Crippen LogP) is 2.96. The lowest BCUT2D eigenvalue weighted by Crippen LogP contribution is -2.41. The summed E-state index contributed by atoms with van der Waals surface area (Å²) in [5.41, 5.74) is 1.38. The molecule has 2 aromatic carbocycles. The van der Waals surface area contributed by atoms with E-state index in [0.717, 1.165) is 5.56 Å². The first-order valence-corrected chi connectivity index (χ1v) is 9.32. The van der Waals surface area contributed by atoms with Gasteiger partial charge in [0, 0.05) is 10.7 Å². The lowest BCUT2D eigenvalue weighted by molar-refractivity contribution is -0.117. The first-order valence-electron chi connectivity index (χ1n) is 7.46. The Morgan fingerprint density at radius 1 is 1.16 bits per heavy atom. The van der Waals surface area contributed by atoms with Gasteiger partial charge in [-0.3, -0.25) is 4.79 Å². The van der Waals surface area contributed by atoms with E-state index in [9.17, 15) is 13.2 Å². The van der Waals surface area contributed by atoms with Gasteiger partial charge in [0.2, 0.25) is 15.9 Å². The van der Waals surface area contributed by atoms with Crippen LogP contribution in [0.1, 0.15) is 12.5 Å². The number of benzene rings is 2. The highest BCUT2D eigenvalue weighted by atomic mass is 35.5.